The first-order chi connectivity index (χ1) is 9.05. The van der Waals surface area contributed by atoms with E-state index in [1.165, 1.54) is 4.31 Å². The summed E-state index contributed by atoms with van der Waals surface area (Å²) < 4.78 is 27.3. The zero-order chi connectivity index (χ0) is 13.9. The van der Waals surface area contributed by atoms with Crippen molar-refractivity contribution in [1.82, 2.24) is 0 Å². The molecule has 0 aliphatic heterocycles. The summed E-state index contributed by atoms with van der Waals surface area (Å²) in [6.45, 7) is -0.206. The molecule has 102 valence electrons. The van der Waals surface area contributed by atoms with Crippen molar-refractivity contribution in [2.24, 2.45) is 0 Å². The van der Waals surface area contributed by atoms with Crippen LogP contribution in [0.3, 0.4) is 0 Å². The van der Waals surface area contributed by atoms with Gasteiger partial charge >= 0.3 is 0 Å². The lowest BCUT2D eigenvalue weighted by Gasteiger charge is -2.22. The van der Waals surface area contributed by atoms with Crippen LogP contribution in [0.5, 0.6) is 0 Å². The number of hydrogen-bond acceptors (Lipinski definition) is 4. The smallest absolute Gasteiger partial charge is 0.273 e. The van der Waals surface area contributed by atoms with Crippen molar-refractivity contribution < 1.29 is 13.5 Å². The number of sulfonamides is 1. The SMILES string of the molecule is O=S(=O)(c1ccc(Br)s1)N(CCO)c1ccccc1. The fourth-order valence-corrected chi connectivity index (χ4v) is 5.20. The van der Waals surface area contributed by atoms with Crippen LogP contribution in [0.4, 0.5) is 5.69 Å². The minimum Gasteiger partial charge on any atom is -0.394 e. The van der Waals surface area contributed by atoms with Crippen LogP contribution < -0.4 is 4.31 Å². The number of benzene rings is 1. The second-order valence-electron chi connectivity index (χ2n) is 3.69. The maximum Gasteiger partial charge on any atom is 0.273 e. The van der Waals surface area contributed by atoms with Gasteiger partial charge in [0.1, 0.15) is 4.21 Å². The molecule has 1 N–H and O–H groups in total. The Morgan fingerprint density at radius 3 is 2.37 bits per heavy atom. The number of thiophene rings is 1. The van der Waals surface area contributed by atoms with E-state index in [2.05, 4.69) is 15.9 Å². The van der Waals surface area contributed by atoms with Crippen LogP contribution in [0.1, 0.15) is 0 Å². The molecule has 2 aromatic rings. The predicted octanol–water partition coefficient (Wildman–Crippen LogP) is 2.70. The lowest BCUT2D eigenvalue weighted by molar-refractivity contribution is 0.306. The number of anilines is 1. The Bertz CT molecular complexity index is 640. The van der Waals surface area contributed by atoms with Gasteiger partial charge in [0.15, 0.2) is 0 Å². The van der Waals surface area contributed by atoms with Crippen LogP contribution in [-0.2, 0) is 10.0 Å². The van der Waals surface area contributed by atoms with Gasteiger partial charge in [0.25, 0.3) is 10.0 Å². The van der Waals surface area contributed by atoms with Crippen molar-refractivity contribution in [2.75, 3.05) is 17.5 Å². The van der Waals surface area contributed by atoms with Gasteiger partial charge in [0.05, 0.1) is 22.6 Å². The average Bonchev–Trinajstić information content (AvgIpc) is 2.84. The van der Waals surface area contributed by atoms with Gasteiger partial charge in [0, 0.05) is 0 Å². The minimum absolute atomic E-state index is 0.0296. The first-order valence-electron chi connectivity index (χ1n) is 5.49. The molecule has 0 aliphatic rings. The molecule has 0 amide bonds. The summed E-state index contributed by atoms with van der Waals surface area (Å²) in [4.78, 5) is 0. The Balaban J connectivity index is 2.44. The maximum absolute atomic E-state index is 12.5. The highest BCUT2D eigenvalue weighted by atomic mass is 79.9. The number of rotatable bonds is 5. The molecule has 0 aliphatic carbocycles. The molecule has 0 fully saturated rings. The van der Waals surface area contributed by atoms with Gasteiger partial charge in [-0.05, 0) is 40.2 Å². The van der Waals surface area contributed by atoms with Gasteiger partial charge in [-0.3, -0.25) is 4.31 Å². The van der Waals surface area contributed by atoms with Crippen LogP contribution in [0.15, 0.2) is 50.5 Å². The average molecular weight is 362 g/mol. The fraction of sp³-hybridized carbons (Fsp3) is 0.167. The van der Waals surface area contributed by atoms with Gasteiger partial charge in [-0.15, -0.1) is 11.3 Å². The summed E-state index contributed by atoms with van der Waals surface area (Å²) in [6.07, 6.45) is 0. The van der Waals surface area contributed by atoms with E-state index < -0.39 is 10.0 Å². The molecule has 0 saturated heterocycles. The molecule has 7 heteroatoms. The van der Waals surface area contributed by atoms with E-state index in [9.17, 15) is 8.42 Å². The summed E-state index contributed by atoms with van der Waals surface area (Å²) in [7, 11) is -3.63. The van der Waals surface area contributed by atoms with Crippen molar-refractivity contribution in [1.29, 1.82) is 0 Å². The number of aliphatic hydroxyl groups excluding tert-OH is 1. The molecular weight excluding hydrogens is 350 g/mol. The third kappa shape index (κ3) is 3.17. The van der Waals surface area contributed by atoms with Crippen LogP contribution in [-0.4, -0.2) is 26.7 Å². The first-order valence-corrected chi connectivity index (χ1v) is 8.54. The molecule has 1 aromatic carbocycles. The molecule has 0 spiro atoms. The summed E-state index contributed by atoms with van der Waals surface area (Å²) in [5, 5.41) is 9.10. The van der Waals surface area contributed by atoms with Crippen molar-refractivity contribution >= 4 is 43.0 Å². The number of halogens is 1. The minimum atomic E-state index is -3.63. The molecular formula is C12H12BrNO3S2. The highest BCUT2D eigenvalue weighted by Gasteiger charge is 2.25. The van der Waals surface area contributed by atoms with Gasteiger partial charge in [-0.1, -0.05) is 18.2 Å². The predicted molar refractivity (Wildman–Crippen MR) is 80.1 cm³/mol. The molecule has 1 heterocycles. The van der Waals surface area contributed by atoms with Crippen molar-refractivity contribution in [3.8, 4) is 0 Å². The second-order valence-corrected chi connectivity index (χ2v) is 8.25. The van der Waals surface area contributed by atoms with E-state index in [4.69, 9.17) is 5.11 Å². The number of hydrogen-bond donors (Lipinski definition) is 1. The quantitative estimate of drug-likeness (QED) is 0.890. The lowest BCUT2D eigenvalue weighted by Crippen LogP contribution is -2.33. The Kier molecular flexibility index (Phi) is 4.62. The Labute approximate surface area is 124 Å². The fourth-order valence-electron chi connectivity index (χ4n) is 1.62. The molecule has 19 heavy (non-hydrogen) atoms. The molecule has 4 nitrogen and oxygen atoms in total. The van der Waals surface area contributed by atoms with Crippen LogP contribution in [0, 0.1) is 0 Å². The highest BCUT2D eigenvalue weighted by molar-refractivity contribution is 9.11. The molecule has 1 aromatic heterocycles. The van der Waals surface area contributed by atoms with E-state index in [1.54, 1.807) is 36.4 Å². The summed E-state index contributed by atoms with van der Waals surface area (Å²) in [5.74, 6) is 0. The largest absolute Gasteiger partial charge is 0.394 e. The number of nitrogens with zero attached hydrogens (tertiary/aromatic N) is 1. The van der Waals surface area contributed by atoms with Gasteiger partial charge < -0.3 is 5.11 Å². The maximum atomic E-state index is 12.5. The van der Waals surface area contributed by atoms with Gasteiger partial charge in [-0.2, -0.15) is 0 Å². The molecule has 0 unspecified atom stereocenters. The Morgan fingerprint density at radius 2 is 1.84 bits per heavy atom. The van der Waals surface area contributed by atoms with E-state index in [-0.39, 0.29) is 17.4 Å². The third-order valence-electron chi connectivity index (χ3n) is 2.44. The van der Waals surface area contributed by atoms with Crippen LogP contribution in [0.25, 0.3) is 0 Å². The van der Waals surface area contributed by atoms with Gasteiger partial charge in [-0.25, -0.2) is 8.42 Å². The van der Waals surface area contributed by atoms with E-state index in [0.29, 0.717) is 5.69 Å². The molecule has 0 saturated carbocycles. The Hall–Kier alpha value is -0.890. The summed E-state index contributed by atoms with van der Waals surface area (Å²) in [6, 6.07) is 12.0. The molecule has 0 atom stereocenters. The second kappa shape index (κ2) is 6.04. The van der Waals surface area contributed by atoms with Crippen molar-refractivity contribution in [3.05, 3.63) is 46.3 Å². The number of para-hydroxylation sites is 1. The first kappa shape index (κ1) is 14.5. The number of aliphatic hydroxyl groups is 1. The lowest BCUT2D eigenvalue weighted by atomic mass is 10.3. The summed E-state index contributed by atoms with van der Waals surface area (Å²) in [5.41, 5.74) is 0.543. The molecule has 2 rings (SSSR count). The standard InChI is InChI=1S/C12H12BrNO3S2/c13-11-6-7-12(18-11)19(16,17)14(8-9-15)10-4-2-1-3-5-10/h1-7,15H,8-9H2. The topological polar surface area (TPSA) is 57.6 Å². The third-order valence-corrected chi connectivity index (χ3v) is 6.36. The summed E-state index contributed by atoms with van der Waals surface area (Å²) >= 11 is 4.40. The van der Waals surface area contributed by atoms with Crippen LogP contribution in [0.2, 0.25) is 0 Å². The van der Waals surface area contributed by atoms with Crippen LogP contribution >= 0.6 is 27.3 Å². The van der Waals surface area contributed by atoms with Crippen molar-refractivity contribution in [3.63, 3.8) is 0 Å². The van der Waals surface area contributed by atoms with E-state index in [1.807, 2.05) is 6.07 Å². The normalized spacial score (nSPS) is 11.5. The molecule has 0 bridgehead atoms. The van der Waals surface area contributed by atoms with E-state index >= 15 is 0 Å². The Morgan fingerprint density at radius 1 is 1.16 bits per heavy atom. The zero-order valence-electron chi connectivity index (χ0n) is 9.86. The zero-order valence-corrected chi connectivity index (χ0v) is 13.1. The van der Waals surface area contributed by atoms with E-state index in [0.717, 1.165) is 15.1 Å². The molecule has 0 radical (unpaired) electrons. The monoisotopic (exact) mass is 361 g/mol. The van der Waals surface area contributed by atoms with Gasteiger partial charge in [0.2, 0.25) is 0 Å². The highest BCUT2D eigenvalue weighted by Crippen LogP contribution is 2.30. The van der Waals surface area contributed by atoms with Crippen molar-refractivity contribution in [2.45, 2.75) is 4.21 Å².